The summed E-state index contributed by atoms with van der Waals surface area (Å²) in [4.78, 5) is 11.5. The van der Waals surface area contributed by atoms with Gasteiger partial charge in [0.15, 0.2) is 0 Å². The molecular formula is C11H19N3O2. The number of rotatable bonds is 7. The molecule has 1 atom stereocenters. The van der Waals surface area contributed by atoms with Crippen molar-refractivity contribution in [3.05, 3.63) is 12.5 Å². The summed E-state index contributed by atoms with van der Waals surface area (Å²) in [6, 6.07) is 0. The molecule has 5 nitrogen and oxygen atoms in total. The van der Waals surface area contributed by atoms with Crippen LogP contribution in [-0.2, 0) is 4.79 Å². The Balaban J connectivity index is 2.24. The molecule has 0 radical (unpaired) electrons. The Morgan fingerprint density at radius 1 is 1.62 bits per heavy atom. The molecular weight excluding hydrogens is 206 g/mol. The minimum Gasteiger partial charge on any atom is -0.363 e. The Labute approximate surface area is 95.4 Å². The van der Waals surface area contributed by atoms with Crippen LogP contribution in [0.1, 0.15) is 32.6 Å². The van der Waals surface area contributed by atoms with E-state index in [9.17, 15) is 4.79 Å². The molecule has 0 saturated heterocycles. The van der Waals surface area contributed by atoms with Crippen molar-refractivity contribution in [3.8, 4) is 0 Å². The van der Waals surface area contributed by atoms with E-state index in [4.69, 9.17) is 5.73 Å². The topological polar surface area (TPSA) is 81.2 Å². The summed E-state index contributed by atoms with van der Waals surface area (Å²) < 4.78 is 4.62. The van der Waals surface area contributed by atoms with Crippen molar-refractivity contribution >= 4 is 11.6 Å². The average Bonchev–Trinajstić information content (AvgIpc) is 2.76. The van der Waals surface area contributed by atoms with E-state index in [0.29, 0.717) is 24.6 Å². The van der Waals surface area contributed by atoms with E-state index in [-0.39, 0.29) is 5.91 Å². The second kappa shape index (κ2) is 7.00. The highest BCUT2D eigenvalue weighted by atomic mass is 16.5. The molecule has 0 spiro atoms. The van der Waals surface area contributed by atoms with Crippen molar-refractivity contribution in [3.63, 3.8) is 0 Å². The fourth-order valence-electron chi connectivity index (χ4n) is 1.61. The number of carbonyl (C=O) groups excluding carboxylic acids is 1. The number of hydrogen-bond donors (Lipinski definition) is 2. The van der Waals surface area contributed by atoms with Crippen LogP contribution in [0.5, 0.6) is 0 Å². The zero-order chi connectivity index (χ0) is 11.8. The van der Waals surface area contributed by atoms with Crippen LogP contribution in [0, 0.1) is 5.92 Å². The Bertz CT molecular complexity index is 298. The fraction of sp³-hybridized carbons (Fsp3) is 0.636. The van der Waals surface area contributed by atoms with Crippen LogP contribution in [0.3, 0.4) is 0 Å². The van der Waals surface area contributed by atoms with E-state index < -0.39 is 0 Å². The third kappa shape index (κ3) is 4.44. The van der Waals surface area contributed by atoms with E-state index in [1.54, 1.807) is 0 Å². The fourth-order valence-corrected chi connectivity index (χ4v) is 1.61. The molecule has 0 saturated carbocycles. The number of nitrogens with two attached hydrogens (primary N) is 1. The maximum atomic E-state index is 11.5. The zero-order valence-electron chi connectivity index (χ0n) is 9.61. The summed E-state index contributed by atoms with van der Waals surface area (Å²) in [5, 5.41) is 6.23. The lowest BCUT2D eigenvalue weighted by Gasteiger charge is -2.12. The lowest BCUT2D eigenvalue weighted by atomic mass is 9.96. The van der Waals surface area contributed by atoms with Crippen molar-refractivity contribution in [2.75, 3.05) is 11.9 Å². The van der Waals surface area contributed by atoms with Gasteiger partial charge in [-0.1, -0.05) is 18.5 Å². The third-order valence-electron chi connectivity index (χ3n) is 2.65. The molecule has 1 heterocycles. The van der Waals surface area contributed by atoms with Gasteiger partial charge in [-0.3, -0.25) is 4.79 Å². The van der Waals surface area contributed by atoms with Gasteiger partial charge >= 0.3 is 0 Å². The molecule has 0 aromatic carbocycles. The standard InChI is InChI=1S/C11H19N3O2/c1-2-9(5-6-12)3-4-11(15)14-10-7-13-16-8-10/h7-9H,2-6,12H2,1H3,(H,14,15). The van der Waals surface area contributed by atoms with Gasteiger partial charge in [-0.05, 0) is 25.3 Å². The largest absolute Gasteiger partial charge is 0.363 e. The minimum atomic E-state index is -0.00123. The summed E-state index contributed by atoms with van der Waals surface area (Å²) in [6.45, 7) is 2.81. The first-order valence-electron chi connectivity index (χ1n) is 5.65. The molecule has 1 aromatic heterocycles. The molecule has 0 fully saturated rings. The minimum absolute atomic E-state index is 0.00123. The maximum absolute atomic E-state index is 11.5. The van der Waals surface area contributed by atoms with Crippen LogP contribution in [0.15, 0.2) is 17.0 Å². The van der Waals surface area contributed by atoms with E-state index in [0.717, 1.165) is 19.3 Å². The van der Waals surface area contributed by atoms with Crippen LogP contribution >= 0.6 is 0 Å². The molecule has 0 aliphatic carbocycles. The van der Waals surface area contributed by atoms with E-state index in [1.165, 1.54) is 12.5 Å². The second-order valence-corrected chi connectivity index (χ2v) is 3.85. The molecule has 1 amide bonds. The van der Waals surface area contributed by atoms with E-state index in [2.05, 4.69) is 21.9 Å². The maximum Gasteiger partial charge on any atom is 0.224 e. The van der Waals surface area contributed by atoms with Gasteiger partial charge in [0, 0.05) is 6.42 Å². The van der Waals surface area contributed by atoms with Crippen LogP contribution in [0.2, 0.25) is 0 Å². The van der Waals surface area contributed by atoms with Crippen molar-refractivity contribution < 1.29 is 9.32 Å². The Morgan fingerprint density at radius 3 is 3.00 bits per heavy atom. The van der Waals surface area contributed by atoms with Crippen molar-refractivity contribution in [1.82, 2.24) is 5.16 Å². The molecule has 0 aliphatic rings. The number of anilines is 1. The Hall–Kier alpha value is -1.36. The number of nitrogens with one attached hydrogen (secondary N) is 1. The van der Waals surface area contributed by atoms with Crippen molar-refractivity contribution in [2.24, 2.45) is 11.7 Å². The number of hydrogen-bond acceptors (Lipinski definition) is 4. The molecule has 1 aromatic rings. The van der Waals surface area contributed by atoms with E-state index in [1.807, 2.05) is 0 Å². The zero-order valence-corrected chi connectivity index (χ0v) is 9.61. The molecule has 0 aliphatic heterocycles. The predicted molar refractivity (Wildman–Crippen MR) is 61.8 cm³/mol. The number of amides is 1. The monoisotopic (exact) mass is 225 g/mol. The first-order valence-corrected chi connectivity index (χ1v) is 5.65. The quantitative estimate of drug-likeness (QED) is 0.741. The van der Waals surface area contributed by atoms with Gasteiger partial charge in [0.05, 0.1) is 6.20 Å². The summed E-state index contributed by atoms with van der Waals surface area (Å²) in [5.41, 5.74) is 6.11. The second-order valence-electron chi connectivity index (χ2n) is 3.85. The lowest BCUT2D eigenvalue weighted by molar-refractivity contribution is -0.116. The third-order valence-corrected chi connectivity index (χ3v) is 2.65. The Kier molecular flexibility index (Phi) is 5.56. The number of carbonyl (C=O) groups is 1. The van der Waals surface area contributed by atoms with E-state index >= 15 is 0 Å². The average molecular weight is 225 g/mol. The highest BCUT2D eigenvalue weighted by Gasteiger charge is 2.09. The first kappa shape index (κ1) is 12.7. The van der Waals surface area contributed by atoms with Gasteiger partial charge in [-0.25, -0.2) is 0 Å². The van der Waals surface area contributed by atoms with Crippen molar-refractivity contribution in [2.45, 2.75) is 32.6 Å². The molecule has 90 valence electrons. The van der Waals surface area contributed by atoms with Crippen LogP contribution < -0.4 is 11.1 Å². The van der Waals surface area contributed by atoms with Gasteiger partial charge in [0.1, 0.15) is 12.0 Å². The summed E-state index contributed by atoms with van der Waals surface area (Å²) in [7, 11) is 0. The predicted octanol–water partition coefficient (Wildman–Crippen LogP) is 1.77. The molecule has 5 heteroatoms. The van der Waals surface area contributed by atoms with Gasteiger partial charge in [0.2, 0.25) is 5.91 Å². The van der Waals surface area contributed by atoms with Crippen LogP contribution in [0.4, 0.5) is 5.69 Å². The summed E-state index contributed by atoms with van der Waals surface area (Å²) in [6.07, 6.45) is 6.34. The highest BCUT2D eigenvalue weighted by molar-refractivity contribution is 5.90. The smallest absolute Gasteiger partial charge is 0.224 e. The van der Waals surface area contributed by atoms with Gasteiger partial charge in [-0.15, -0.1) is 0 Å². The van der Waals surface area contributed by atoms with Gasteiger partial charge in [0.25, 0.3) is 0 Å². The molecule has 1 rings (SSSR count). The highest BCUT2D eigenvalue weighted by Crippen LogP contribution is 2.15. The molecule has 1 unspecified atom stereocenters. The first-order chi connectivity index (χ1) is 7.76. The lowest BCUT2D eigenvalue weighted by Crippen LogP contribution is -2.14. The van der Waals surface area contributed by atoms with Crippen LogP contribution in [0.25, 0.3) is 0 Å². The summed E-state index contributed by atoms with van der Waals surface area (Å²) >= 11 is 0. The van der Waals surface area contributed by atoms with Crippen molar-refractivity contribution in [1.29, 1.82) is 0 Å². The molecule has 16 heavy (non-hydrogen) atoms. The SMILES string of the molecule is CCC(CCN)CCC(=O)Nc1cnoc1. The van der Waals surface area contributed by atoms with Crippen LogP contribution in [-0.4, -0.2) is 17.6 Å². The molecule has 0 bridgehead atoms. The van der Waals surface area contributed by atoms with Gasteiger partial charge < -0.3 is 15.6 Å². The summed E-state index contributed by atoms with van der Waals surface area (Å²) in [5.74, 6) is 0.539. The van der Waals surface area contributed by atoms with Gasteiger partial charge in [-0.2, -0.15) is 0 Å². The number of aromatic nitrogens is 1. The Morgan fingerprint density at radius 2 is 2.44 bits per heavy atom. The normalized spacial score (nSPS) is 12.4. The number of nitrogens with zero attached hydrogens (tertiary/aromatic N) is 1. The molecule has 3 N–H and O–H groups in total.